The highest BCUT2D eigenvalue weighted by atomic mass is 19.1. The van der Waals surface area contributed by atoms with Crippen molar-refractivity contribution in [2.24, 2.45) is 0 Å². The van der Waals surface area contributed by atoms with E-state index < -0.39 is 17.2 Å². The Morgan fingerprint density at radius 1 is 1.35 bits per heavy atom. The standard InChI is InChI=1S/C14H21F2N3O/c1-3-17-12-10(15)9-11(16)13(18-12)19-7-4-5-14(2,20)6-8-19/h9,20H,3-8H2,1-2H3,(H,17,18). The second kappa shape index (κ2) is 5.91. The van der Waals surface area contributed by atoms with Crippen LogP contribution in [0.15, 0.2) is 6.07 Å². The number of nitrogens with zero attached hydrogens (tertiary/aromatic N) is 2. The minimum atomic E-state index is -0.726. The van der Waals surface area contributed by atoms with Crippen LogP contribution in [0, 0.1) is 11.6 Å². The van der Waals surface area contributed by atoms with Crippen molar-refractivity contribution >= 4 is 11.6 Å². The summed E-state index contributed by atoms with van der Waals surface area (Å²) in [5, 5.41) is 12.8. The van der Waals surface area contributed by atoms with E-state index in [9.17, 15) is 13.9 Å². The van der Waals surface area contributed by atoms with Crippen LogP contribution in [0.4, 0.5) is 20.4 Å². The van der Waals surface area contributed by atoms with Crippen molar-refractivity contribution < 1.29 is 13.9 Å². The SMILES string of the molecule is CCNc1nc(N2CCCC(C)(O)CC2)c(F)cc1F. The molecular weight excluding hydrogens is 264 g/mol. The Morgan fingerprint density at radius 3 is 2.80 bits per heavy atom. The molecule has 1 saturated heterocycles. The molecule has 1 aromatic heterocycles. The van der Waals surface area contributed by atoms with E-state index in [0.29, 0.717) is 32.5 Å². The molecule has 0 radical (unpaired) electrons. The molecule has 0 spiro atoms. The first-order valence-corrected chi connectivity index (χ1v) is 7.00. The summed E-state index contributed by atoms with van der Waals surface area (Å²) in [7, 11) is 0. The zero-order valence-corrected chi connectivity index (χ0v) is 11.9. The van der Waals surface area contributed by atoms with Crippen LogP contribution in [0.1, 0.15) is 33.1 Å². The van der Waals surface area contributed by atoms with Crippen LogP contribution < -0.4 is 10.2 Å². The Morgan fingerprint density at radius 2 is 2.10 bits per heavy atom. The number of halogens is 2. The molecule has 4 nitrogen and oxygen atoms in total. The third-order valence-electron chi connectivity index (χ3n) is 3.62. The lowest BCUT2D eigenvalue weighted by Gasteiger charge is -2.24. The van der Waals surface area contributed by atoms with Gasteiger partial charge in [0.05, 0.1) is 5.60 Å². The van der Waals surface area contributed by atoms with Crippen molar-refractivity contribution in [3.63, 3.8) is 0 Å². The van der Waals surface area contributed by atoms with Gasteiger partial charge in [-0.2, -0.15) is 0 Å². The summed E-state index contributed by atoms with van der Waals surface area (Å²) in [6.07, 6.45) is 1.97. The van der Waals surface area contributed by atoms with Gasteiger partial charge in [-0.1, -0.05) is 0 Å². The Hall–Kier alpha value is -1.43. The minimum absolute atomic E-state index is 0.0694. The highest BCUT2D eigenvalue weighted by Crippen LogP contribution is 2.27. The number of nitrogens with one attached hydrogen (secondary N) is 1. The molecule has 0 aliphatic carbocycles. The molecular formula is C14H21F2N3O. The third kappa shape index (κ3) is 3.36. The van der Waals surface area contributed by atoms with Gasteiger partial charge >= 0.3 is 0 Å². The van der Waals surface area contributed by atoms with E-state index in [2.05, 4.69) is 10.3 Å². The van der Waals surface area contributed by atoms with Crippen molar-refractivity contribution in [1.29, 1.82) is 0 Å². The highest BCUT2D eigenvalue weighted by Gasteiger charge is 2.27. The van der Waals surface area contributed by atoms with Gasteiger partial charge in [-0.3, -0.25) is 0 Å². The summed E-state index contributed by atoms with van der Waals surface area (Å²) in [6.45, 7) is 5.25. The predicted octanol–water partition coefficient (Wildman–Crippen LogP) is 2.53. The molecule has 2 rings (SSSR count). The van der Waals surface area contributed by atoms with Crippen LogP contribution >= 0.6 is 0 Å². The fraction of sp³-hybridized carbons (Fsp3) is 0.643. The number of anilines is 2. The topological polar surface area (TPSA) is 48.4 Å². The Bertz CT molecular complexity index is 480. The van der Waals surface area contributed by atoms with Gasteiger partial charge in [-0.25, -0.2) is 13.8 Å². The number of aliphatic hydroxyl groups is 1. The summed E-state index contributed by atoms with van der Waals surface area (Å²) >= 11 is 0. The fourth-order valence-corrected chi connectivity index (χ4v) is 2.45. The van der Waals surface area contributed by atoms with Crippen LogP contribution in [0.5, 0.6) is 0 Å². The molecule has 2 heterocycles. The molecule has 6 heteroatoms. The maximum absolute atomic E-state index is 13.9. The predicted molar refractivity (Wildman–Crippen MR) is 75.0 cm³/mol. The average Bonchev–Trinajstić information content (AvgIpc) is 2.54. The van der Waals surface area contributed by atoms with Crippen molar-refractivity contribution in [3.8, 4) is 0 Å². The lowest BCUT2D eigenvalue weighted by molar-refractivity contribution is 0.0481. The van der Waals surface area contributed by atoms with E-state index in [4.69, 9.17) is 0 Å². The number of pyridine rings is 1. The maximum atomic E-state index is 13.9. The Labute approximate surface area is 117 Å². The Balaban J connectivity index is 2.25. The van der Waals surface area contributed by atoms with Crippen molar-refractivity contribution in [2.75, 3.05) is 29.9 Å². The summed E-state index contributed by atoms with van der Waals surface area (Å²) in [5.41, 5.74) is -0.726. The van der Waals surface area contributed by atoms with Gasteiger partial charge < -0.3 is 15.3 Å². The molecule has 0 aromatic carbocycles. The van der Waals surface area contributed by atoms with Gasteiger partial charge in [0.15, 0.2) is 23.3 Å². The first-order chi connectivity index (χ1) is 9.43. The minimum Gasteiger partial charge on any atom is -0.390 e. The van der Waals surface area contributed by atoms with Crippen LogP contribution in [0.2, 0.25) is 0 Å². The number of hydrogen-bond donors (Lipinski definition) is 2. The van der Waals surface area contributed by atoms with Crippen LogP contribution in [-0.4, -0.2) is 35.3 Å². The van der Waals surface area contributed by atoms with E-state index in [1.165, 1.54) is 0 Å². The summed E-state index contributed by atoms with van der Waals surface area (Å²) in [6, 6.07) is 0.864. The van der Waals surface area contributed by atoms with Gasteiger partial charge in [0.25, 0.3) is 0 Å². The van der Waals surface area contributed by atoms with Gasteiger partial charge in [0.2, 0.25) is 0 Å². The zero-order chi connectivity index (χ0) is 14.8. The maximum Gasteiger partial charge on any atom is 0.168 e. The van der Waals surface area contributed by atoms with Crippen molar-refractivity contribution in [3.05, 3.63) is 17.7 Å². The van der Waals surface area contributed by atoms with Crippen LogP contribution in [0.25, 0.3) is 0 Å². The van der Waals surface area contributed by atoms with Gasteiger partial charge in [0, 0.05) is 25.7 Å². The van der Waals surface area contributed by atoms with E-state index in [1.807, 2.05) is 6.92 Å². The largest absolute Gasteiger partial charge is 0.390 e. The molecule has 1 atom stereocenters. The summed E-state index contributed by atoms with van der Waals surface area (Å²) < 4.78 is 27.5. The van der Waals surface area contributed by atoms with Crippen LogP contribution in [0.3, 0.4) is 0 Å². The first kappa shape index (κ1) is 15.0. The van der Waals surface area contributed by atoms with Crippen LogP contribution in [-0.2, 0) is 0 Å². The number of aromatic nitrogens is 1. The fourth-order valence-electron chi connectivity index (χ4n) is 2.45. The normalized spacial score (nSPS) is 23.6. The molecule has 112 valence electrons. The molecule has 0 saturated carbocycles. The molecule has 1 aromatic rings. The number of rotatable bonds is 3. The van der Waals surface area contributed by atoms with E-state index in [0.717, 1.165) is 12.5 Å². The molecule has 1 aliphatic heterocycles. The second-order valence-electron chi connectivity index (χ2n) is 5.49. The second-order valence-corrected chi connectivity index (χ2v) is 5.49. The molecule has 1 unspecified atom stereocenters. The quantitative estimate of drug-likeness (QED) is 0.896. The molecule has 0 amide bonds. The lowest BCUT2D eigenvalue weighted by atomic mass is 9.98. The van der Waals surface area contributed by atoms with E-state index in [-0.39, 0.29) is 11.6 Å². The molecule has 1 aliphatic rings. The summed E-state index contributed by atoms with van der Waals surface area (Å²) in [4.78, 5) is 5.83. The molecule has 2 N–H and O–H groups in total. The van der Waals surface area contributed by atoms with E-state index in [1.54, 1.807) is 11.8 Å². The lowest BCUT2D eigenvalue weighted by Crippen LogP contribution is -2.29. The monoisotopic (exact) mass is 285 g/mol. The molecule has 0 bridgehead atoms. The Kier molecular flexibility index (Phi) is 4.42. The zero-order valence-electron chi connectivity index (χ0n) is 11.9. The highest BCUT2D eigenvalue weighted by molar-refractivity contribution is 5.49. The van der Waals surface area contributed by atoms with Crippen molar-refractivity contribution in [2.45, 2.75) is 38.7 Å². The first-order valence-electron chi connectivity index (χ1n) is 7.00. The van der Waals surface area contributed by atoms with Crippen molar-refractivity contribution in [1.82, 2.24) is 4.98 Å². The molecule has 20 heavy (non-hydrogen) atoms. The van der Waals surface area contributed by atoms with E-state index >= 15 is 0 Å². The van der Waals surface area contributed by atoms with Gasteiger partial charge in [-0.05, 0) is 33.1 Å². The summed E-state index contributed by atoms with van der Waals surface area (Å²) in [5.74, 6) is -1.12. The smallest absolute Gasteiger partial charge is 0.168 e. The number of hydrogen-bond acceptors (Lipinski definition) is 4. The average molecular weight is 285 g/mol. The third-order valence-corrected chi connectivity index (χ3v) is 3.62. The van der Waals surface area contributed by atoms with Gasteiger partial charge in [-0.15, -0.1) is 0 Å². The van der Waals surface area contributed by atoms with Gasteiger partial charge in [0.1, 0.15) is 0 Å². The molecule has 1 fully saturated rings.